The Balaban J connectivity index is 1.82. The number of carbonyl (C=O) groups excluding carboxylic acids is 1. The van der Waals surface area contributed by atoms with Crippen molar-refractivity contribution >= 4 is 12.1 Å². The number of hydrogen-bond acceptors (Lipinski definition) is 6. The quantitative estimate of drug-likeness (QED) is 0.334. The SMILES string of the molecule is CCOC(Cc1ccc(OCCN(CCCCc2ccccc2)C(=O)OCCOC)cc1)C(=O)O. The Morgan fingerprint density at radius 2 is 1.66 bits per heavy atom. The van der Waals surface area contributed by atoms with Gasteiger partial charge in [0.2, 0.25) is 0 Å². The van der Waals surface area contributed by atoms with Gasteiger partial charge in [-0.15, -0.1) is 0 Å². The van der Waals surface area contributed by atoms with E-state index in [2.05, 4.69) is 12.1 Å². The maximum Gasteiger partial charge on any atom is 0.409 e. The zero-order chi connectivity index (χ0) is 25.3. The van der Waals surface area contributed by atoms with E-state index in [0.717, 1.165) is 24.8 Å². The van der Waals surface area contributed by atoms with Gasteiger partial charge in [0.25, 0.3) is 0 Å². The van der Waals surface area contributed by atoms with Crippen LogP contribution in [0.25, 0.3) is 0 Å². The molecule has 0 aliphatic rings. The Labute approximate surface area is 207 Å². The van der Waals surface area contributed by atoms with Gasteiger partial charge in [-0.05, 0) is 49.4 Å². The van der Waals surface area contributed by atoms with Crippen molar-refractivity contribution in [3.05, 3.63) is 65.7 Å². The van der Waals surface area contributed by atoms with Gasteiger partial charge in [0.05, 0.1) is 13.2 Å². The molecule has 8 heteroatoms. The Bertz CT molecular complexity index is 858. The first kappa shape index (κ1) is 28.1. The molecule has 0 aliphatic carbocycles. The fourth-order valence-corrected chi connectivity index (χ4v) is 3.50. The van der Waals surface area contributed by atoms with Gasteiger partial charge >= 0.3 is 12.1 Å². The monoisotopic (exact) mass is 487 g/mol. The van der Waals surface area contributed by atoms with Gasteiger partial charge in [0.15, 0.2) is 6.10 Å². The van der Waals surface area contributed by atoms with E-state index in [4.69, 9.17) is 18.9 Å². The van der Waals surface area contributed by atoms with Crippen molar-refractivity contribution in [2.75, 3.05) is 46.6 Å². The molecule has 8 nitrogen and oxygen atoms in total. The van der Waals surface area contributed by atoms with Crippen LogP contribution in [0.2, 0.25) is 0 Å². The fourth-order valence-electron chi connectivity index (χ4n) is 3.50. The Morgan fingerprint density at radius 1 is 0.914 bits per heavy atom. The highest BCUT2D eigenvalue weighted by Gasteiger charge is 2.18. The predicted octanol–water partition coefficient (Wildman–Crippen LogP) is 4.21. The third kappa shape index (κ3) is 11.2. The van der Waals surface area contributed by atoms with Crippen LogP contribution < -0.4 is 4.74 Å². The molecule has 0 fully saturated rings. The van der Waals surface area contributed by atoms with Crippen LogP contribution in [0.3, 0.4) is 0 Å². The van der Waals surface area contributed by atoms with Crippen molar-refractivity contribution in [2.45, 2.75) is 38.7 Å². The van der Waals surface area contributed by atoms with Crippen molar-refractivity contribution in [1.29, 1.82) is 0 Å². The molecule has 2 aromatic rings. The van der Waals surface area contributed by atoms with Gasteiger partial charge in [0.1, 0.15) is 19.0 Å². The van der Waals surface area contributed by atoms with Crippen LogP contribution in [0.1, 0.15) is 30.9 Å². The molecule has 1 unspecified atom stereocenters. The largest absolute Gasteiger partial charge is 0.492 e. The van der Waals surface area contributed by atoms with Crippen LogP contribution in [0.5, 0.6) is 5.75 Å². The minimum Gasteiger partial charge on any atom is -0.492 e. The van der Waals surface area contributed by atoms with Gasteiger partial charge < -0.3 is 29.0 Å². The first-order valence-corrected chi connectivity index (χ1v) is 12.0. The van der Waals surface area contributed by atoms with Crippen LogP contribution in [0.4, 0.5) is 4.79 Å². The summed E-state index contributed by atoms with van der Waals surface area (Å²) >= 11 is 0. The number of ether oxygens (including phenoxy) is 4. The van der Waals surface area contributed by atoms with E-state index in [9.17, 15) is 14.7 Å². The van der Waals surface area contributed by atoms with E-state index in [1.807, 2.05) is 30.3 Å². The van der Waals surface area contributed by atoms with E-state index in [1.165, 1.54) is 5.56 Å². The summed E-state index contributed by atoms with van der Waals surface area (Å²) in [5.41, 5.74) is 2.13. The lowest BCUT2D eigenvalue weighted by Gasteiger charge is -2.22. The molecule has 35 heavy (non-hydrogen) atoms. The van der Waals surface area contributed by atoms with Crippen LogP contribution in [0.15, 0.2) is 54.6 Å². The standard InChI is InChI=1S/C27H37NO7/c1-3-33-25(26(29)30)21-23-12-14-24(15-13-23)34-18-17-28(27(31)35-20-19-32-2)16-8-7-11-22-9-5-4-6-10-22/h4-6,9-10,12-15,25H,3,7-8,11,16-21H2,1-2H3,(H,29,30). The van der Waals surface area contributed by atoms with Gasteiger partial charge in [-0.2, -0.15) is 0 Å². The van der Waals surface area contributed by atoms with Crippen LogP contribution in [-0.4, -0.2) is 74.8 Å². The number of unbranched alkanes of at least 4 members (excludes halogenated alkanes) is 1. The third-order valence-corrected chi connectivity index (χ3v) is 5.38. The van der Waals surface area contributed by atoms with E-state index in [-0.39, 0.29) is 19.1 Å². The molecule has 2 rings (SSSR count). The van der Waals surface area contributed by atoms with Crippen LogP contribution in [-0.2, 0) is 31.8 Å². The predicted molar refractivity (Wildman–Crippen MR) is 133 cm³/mol. The average Bonchev–Trinajstić information content (AvgIpc) is 2.86. The first-order valence-electron chi connectivity index (χ1n) is 12.0. The normalized spacial score (nSPS) is 11.6. The Morgan fingerprint density at radius 3 is 2.31 bits per heavy atom. The minimum atomic E-state index is -0.978. The molecule has 1 atom stereocenters. The lowest BCUT2D eigenvalue weighted by atomic mass is 10.1. The summed E-state index contributed by atoms with van der Waals surface area (Å²) in [6, 6.07) is 17.5. The second kappa shape index (κ2) is 16.5. The van der Waals surface area contributed by atoms with Gasteiger partial charge in [0, 0.05) is 26.7 Å². The molecule has 1 N–H and O–H groups in total. The van der Waals surface area contributed by atoms with E-state index in [0.29, 0.717) is 38.7 Å². The molecule has 0 saturated carbocycles. The first-order chi connectivity index (χ1) is 17.0. The molecule has 0 saturated heterocycles. The fraction of sp³-hybridized carbons (Fsp3) is 0.481. The number of carboxylic acid groups (broad SMARTS) is 1. The molecule has 0 heterocycles. The van der Waals surface area contributed by atoms with Gasteiger partial charge in [-0.1, -0.05) is 42.5 Å². The zero-order valence-electron chi connectivity index (χ0n) is 20.7. The number of carbonyl (C=O) groups is 2. The van der Waals surface area contributed by atoms with Gasteiger partial charge in [-0.3, -0.25) is 0 Å². The molecular formula is C27H37NO7. The number of aryl methyl sites for hydroxylation is 1. The average molecular weight is 488 g/mol. The summed E-state index contributed by atoms with van der Waals surface area (Å²) in [6.45, 7) is 3.95. The van der Waals surface area contributed by atoms with Crippen molar-refractivity contribution in [1.82, 2.24) is 4.90 Å². The number of amides is 1. The molecule has 2 aromatic carbocycles. The molecular weight excluding hydrogens is 450 g/mol. The van der Waals surface area contributed by atoms with E-state index >= 15 is 0 Å². The molecule has 0 aromatic heterocycles. The maximum atomic E-state index is 12.5. The number of aliphatic carboxylic acids is 1. The number of carboxylic acids is 1. The summed E-state index contributed by atoms with van der Waals surface area (Å²) in [5.74, 6) is -0.331. The second-order valence-corrected chi connectivity index (χ2v) is 8.02. The van der Waals surface area contributed by atoms with Crippen LogP contribution in [0, 0.1) is 0 Å². The number of nitrogens with zero attached hydrogens (tertiary/aromatic N) is 1. The van der Waals surface area contributed by atoms with E-state index in [1.54, 1.807) is 31.1 Å². The minimum absolute atomic E-state index is 0.206. The summed E-state index contributed by atoms with van der Waals surface area (Å²) in [6.07, 6.45) is 1.82. The molecule has 0 radical (unpaired) electrons. The smallest absolute Gasteiger partial charge is 0.409 e. The molecule has 1 amide bonds. The lowest BCUT2D eigenvalue weighted by Crippen LogP contribution is -2.36. The molecule has 192 valence electrons. The lowest BCUT2D eigenvalue weighted by molar-refractivity contribution is -0.149. The number of rotatable bonds is 17. The van der Waals surface area contributed by atoms with Crippen molar-refractivity contribution in [2.24, 2.45) is 0 Å². The van der Waals surface area contributed by atoms with Crippen molar-refractivity contribution < 1.29 is 33.6 Å². The Hall–Kier alpha value is -3.10. The summed E-state index contributed by atoms with van der Waals surface area (Å²) in [4.78, 5) is 25.4. The van der Waals surface area contributed by atoms with Crippen LogP contribution >= 0.6 is 0 Å². The molecule has 0 bridgehead atoms. The number of hydrogen-bond donors (Lipinski definition) is 1. The highest BCUT2D eigenvalue weighted by Crippen LogP contribution is 2.15. The van der Waals surface area contributed by atoms with Gasteiger partial charge in [-0.25, -0.2) is 9.59 Å². The Kier molecular flexibility index (Phi) is 13.3. The van der Waals surface area contributed by atoms with E-state index < -0.39 is 12.1 Å². The highest BCUT2D eigenvalue weighted by atomic mass is 16.6. The maximum absolute atomic E-state index is 12.5. The number of methoxy groups -OCH3 is 1. The highest BCUT2D eigenvalue weighted by molar-refractivity contribution is 5.72. The number of benzene rings is 2. The third-order valence-electron chi connectivity index (χ3n) is 5.38. The molecule has 0 spiro atoms. The van der Waals surface area contributed by atoms with Crippen molar-refractivity contribution in [3.8, 4) is 5.75 Å². The van der Waals surface area contributed by atoms with Crippen molar-refractivity contribution in [3.63, 3.8) is 0 Å². The molecule has 0 aliphatic heterocycles. The summed E-state index contributed by atoms with van der Waals surface area (Å²) < 4.78 is 21.3. The topological polar surface area (TPSA) is 94.5 Å². The second-order valence-electron chi connectivity index (χ2n) is 8.02. The summed E-state index contributed by atoms with van der Waals surface area (Å²) in [5, 5.41) is 9.24. The summed E-state index contributed by atoms with van der Waals surface area (Å²) in [7, 11) is 1.56. The zero-order valence-corrected chi connectivity index (χ0v) is 20.7.